The fourth-order valence-electron chi connectivity index (χ4n) is 4.87. The van der Waals surface area contributed by atoms with Crippen LogP contribution in [0.25, 0.3) is 33.6 Å². The van der Waals surface area contributed by atoms with Crippen molar-refractivity contribution in [1.82, 2.24) is 19.9 Å². The summed E-state index contributed by atoms with van der Waals surface area (Å²) in [6.45, 7) is 13.2. The van der Waals surface area contributed by atoms with Crippen molar-refractivity contribution < 1.29 is 58.5 Å². The van der Waals surface area contributed by atoms with E-state index in [0.29, 0.717) is 17.0 Å². The Morgan fingerprint density at radius 3 is 1.26 bits per heavy atom. The number of nitrogens with zero attached hydrogens (tertiary/aromatic N) is 7. The molecule has 5 rings (SSSR count). The fourth-order valence-corrected chi connectivity index (χ4v) is 4.87. The number of hydrogen-bond acceptors (Lipinski definition) is 11. The average Bonchev–Trinajstić information content (AvgIpc) is 3.21. The van der Waals surface area contributed by atoms with Gasteiger partial charge < -0.3 is 35.4 Å². The number of carboxylic acids is 3. The molecule has 5 aromatic rings. The number of isothiocyanates is 2. The quantitative estimate of drug-likeness (QED) is 0.0467. The van der Waals surface area contributed by atoms with Crippen molar-refractivity contribution >= 4 is 58.4 Å². The van der Waals surface area contributed by atoms with Crippen LogP contribution >= 0.6 is 24.4 Å². The molecular weight excluding hydrogens is 856 g/mol. The molecule has 0 fully saturated rings. The molecule has 57 heavy (non-hydrogen) atoms. The van der Waals surface area contributed by atoms with Crippen LogP contribution in [0.2, 0.25) is 0 Å². The summed E-state index contributed by atoms with van der Waals surface area (Å²) in [6, 6.07) is 22.1. The van der Waals surface area contributed by atoms with Gasteiger partial charge in [0, 0.05) is 41.5 Å². The minimum Gasteiger partial charge on any atom is -0.753 e. The molecule has 17 heteroatoms. The first-order chi connectivity index (χ1) is 26.7. The number of carbonyl (C=O) groups excluding carboxylic acids is 2. The van der Waals surface area contributed by atoms with Gasteiger partial charge in [0.05, 0.1) is 59.5 Å². The molecular formula is C40H39N7O7RuS2. The van der Waals surface area contributed by atoms with E-state index in [2.05, 4.69) is 95.5 Å². The topological polar surface area (TPSA) is 228 Å². The van der Waals surface area contributed by atoms with Crippen molar-refractivity contribution in [2.45, 2.75) is 34.2 Å². The van der Waals surface area contributed by atoms with Crippen LogP contribution in [0, 0.1) is 0 Å². The second-order valence-corrected chi connectivity index (χ2v) is 11.7. The van der Waals surface area contributed by atoms with Crippen molar-refractivity contribution in [3.63, 3.8) is 0 Å². The maximum absolute atomic E-state index is 11.3. The Kier molecular flexibility index (Phi) is 24.8. The van der Waals surface area contributed by atoms with Gasteiger partial charge in [0.25, 0.3) is 0 Å². The Labute approximate surface area is 354 Å². The number of benzene rings is 1. The molecule has 1 aromatic carbocycles. The Bertz CT molecular complexity index is 1900. The zero-order chi connectivity index (χ0) is 42.1. The van der Waals surface area contributed by atoms with Gasteiger partial charge in [-0.05, 0) is 76.2 Å². The molecule has 0 saturated carbocycles. The molecule has 0 amide bonds. The van der Waals surface area contributed by atoms with E-state index >= 15 is 0 Å². The van der Waals surface area contributed by atoms with E-state index in [1.165, 1.54) is 115 Å². The Balaban J connectivity index is 0.000000769. The van der Waals surface area contributed by atoms with Crippen molar-refractivity contribution in [2.75, 3.05) is 19.6 Å². The summed E-state index contributed by atoms with van der Waals surface area (Å²) in [6.07, 6.45) is 5.53. The largest absolute Gasteiger partial charge is 2.00 e. The van der Waals surface area contributed by atoms with Gasteiger partial charge in [0.15, 0.2) is 5.78 Å². The molecule has 296 valence electrons. The van der Waals surface area contributed by atoms with E-state index in [1.54, 1.807) is 12.1 Å². The monoisotopic (exact) mass is 895 g/mol. The number of thiocarbonyl (C=S) groups is 2. The summed E-state index contributed by atoms with van der Waals surface area (Å²) in [4.78, 5) is 59.7. The molecule has 4 heterocycles. The first-order valence-corrected chi connectivity index (χ1v) is 17.5. The number of hydrogen-bond donors (Lipinski definition) is 2. The number of carboxylic acid groups (broad SMARTS) is 3. The second-order valence-electron chi connectivity index (χ2n) is 11.3. The first-order valence-electron chi connectivity index (χ1n) is 16.7. The molecule has 0 bridgehead atoms. The van der Waals surface area contributed by atoms with E-state index in [-0.39, 0.29) is 53.3 Å². The van der Waals surface area contributed by atoms with Crippen molar-refractivity contribution in [2.24, 2.45) is 0 Å². The third kappa shape index (κ3) is 18.1. The van der Waals surface area contributed by atoms with Crippen LogP contribution in [0.5, 0.6) is 0 Å². The molecule has 2 N–H and O–H groups in total. The molecule has 14 nitrogen and oxygen atoms in total. The molecule has 0 unspecified atom stereocenters. The smallest absolute Gasteiger partial charge is 0.753 e. The van der Waals surface area contributed by atoms with Crippen LogP contribution in [-0.4, -0.2) is 88.3 Å². The predicted octanol–water partition coefficient (Wildman–Crippen LogP) is 6.63. The standard InChI is InChI=1S/C13H10N2O3.C13H22N.C12H8N2O4.2CNS.Ru/c1-8(16)9-2-4-14-11(6-9)12-7-10(13(17)18)3-5-15-12;1-4-14(5-2,6-3)12-13-10-8-7-9-11-13;15-11(16)7-1-3-13-9(5-7)10-6-8(12(17)18)2-4-14-10;2*2-1-3;/h2-7H,1H3,(H,17,18);7-11H,4-6,12H2,1-3H3;1-6H,(H,15,16)(H,17,18);;;/q;+1;;2*-1;+2/p-1. The summed E-state index contributed by atoms with van der Waals surface area (Å²) in [5.74, 6) is -3.52. The van der Waals surface area contributed by atoms with Crippen molar-refractivity contribution in [3.8, 4) is 22.8 Å². The molecule has 0 spiro atoms. The molecule has 0 aliphatic carbocycles. The van der Waals surface area contributed by atoms with Crippen LogP contribution in [0.4, 0.5) is 0 Å². The third-order valence-corrected chi connectivity index (χ3v) is 8.07. The number of ketones is 1. The second kappa shape index (κ2) is 27.6. The Morgan fingerprint density at radius 2 is 0.947 bits per heavy atom. The SMILES string of the molecule is CC(=O)c1ccnc(-c2cc(C(=O)O)ccn2)c1.CC[N+](CC)(CC)Cc1ccccc1.O=C([O-])c1ccnc(-c2cc(C(=O)O)ccn2)c1.[N-]=C=S.[N-]=C=S.[Ru+2]. The maximum Gasteiger partial charge on any atom is 2.00 e. The normalized spacial score (nSPS) is 9.47. The van der Waals surface area contributed by atoms with Crippen molar-refractivity contribution in [3.05, 3.63) is 142 Å². The Morgan fingerprint density at radius 1 is 0.632 bits per heavy atom. The minimum absolute atomic E-state index is 0. The van der Waals surface area contributed by atoms with Crippen LogP contribution in [0.15, 0.2) is 104 Å². The van der Waals surface area contributed by atoms with Gasteiger partial charge in [-0.1, -0.05) is 54.8 Å². The number of rotatable bonds is 11. The number of quaternary nitrogens is 1. The van der Waals surface area contributed by atoms with E-state index in [0.717, 1.165) is 0 Å². The summed E-state index contributed by atoms with van der Waals surface area (Å²) < 4.78 is 1.20. The van der Waals surface area contributed by atoms with Gasteiger partial charge in [-0.15, -0.1) is 0 Å². The molecule has 0 radical (unpaired) electrons. The summed E-state index contributed by atoms with van der Waals surface area (Å²) in [5.41, 5.74) is 3.60. The number of aromatic carboxylic acids is 3. The minimum atomic E-state index is -1.33. The molecule has 4 aromatic heterocycles. The zero-order valence-corrected chi connectivity index (χ0v) is 34.8. The first kappa shape index (κ1) is 51.1. The van der Waals surface area contributed by atoms with Gasteiger partial charge in [-0.3, -0.25) is 24.7 Å². The van der Waals surface area contributed by atoms with E-state index in [9.17, 15) is 24.3 Å². The summed E-state index contributed by atoms with van der Waals surface area (Å²) in [5, 5.41) is 45.4. The number of aromatic nitrogens is 4. The average molecular weight is 895 g/mol. The van der Waals surface area contributed by atoms with Crippen LogP contribution < -0.4 is 5.11 Å². The summed E-state index contributed by atoms with van der Waals surface area (Å²) >= 11 is 7.40. The number of carbonyl (C=O) groups is 4. The third-order valence-electron chi connectivity index (χ3n) is 8.07. The van der Waals surface area contributed by atoms with Gasteiger partial charge in [0.2, 0.25) is 0 Å². The number of pyridine rings is 4. The Hall–Kier alpha value is -5.92. The van der Waals surface area contributed by atoms with Crippen molar-refractivity contribution in [1.29, 1.82) is 0 Å². The van der Waals surface area contributed by atoms with Crippen LogP contribution in [-0.2, 0) is 26.0 Å². The van der Waals surface area contributed by atoms with Gasteiger partial charge in [-0.2, -0.15) is 10.3 Å². The molecule has 0 aliphatic heterocycles. The molecule has 0 atom stereocenters. The van der Waals surface area contributed by atoms with E-state index < -0.39 is 17.9 Å². The fraction of sp³-hybridized carbons (Fsp3) is 0.200. The predicted molar refractivity (Wildman–Crippen MR) is 217 cm³/mol. The summed E-state index contributed by atoms with van der Waals surface area (Å²) in [7, 11) is 0. The van der Waals surface area contributed by atoms with Gasteiger partial charge in [-0.25, -0.2) is 9.59 Å². The number of Topliss-reactive ketones (excluding diaryl/α,β-unsaturated/α-hetero) is 1. The maximum atomic E-state index is 11.3. The molecule has 0 saturated heterocycles. The van der Waals surface area contributed by atoms with E-state index in [1.807, 2.05) is 0 Å². The zero-order valence-electron chi connectivity index (χ0n) is 31.4. The van der Waals surface area contributed by atoms with E-state index in [4.69, 9.17) is 21.0 Å². The van der Waals surface area contributed by atoms with Gasteiger partial charge >= 0.3 is 31.4 Å². The van der Waals surface area contributed by atoms with Crippen LogP contribution in [0.1, 0.15) is 74.7 Å². The molecule has 0 aliphatic rings. The van der Waals surface area contributed by atoms with Gasteiger partial charge in [0.1, 0.15) is 6.54 Å². The van der Waals surface area contributed by atoms with Crippen LogP contribution in [0.3, 0.4) is 0 Å².